The molecule has 0 aromatic heterocycles. The van der Waals surface area contributed by atoms with E-state index in [0.29, 0.717) is 12.0 Å². The quantitative estimate of drug-likeness (QED) is 0.449. The number of carboxylic acid groups (broad SMARTS) is 1. The summed E-state index contributed by atoms with van der Waals surface area (Å²) in [6.45, 7) is 12.2. The number of allylic oxidation sites excluding steroid dienone is 1. The van der Waals surface area contributed by atoms with Gasteiger partial charge in [-0.2, -0.15) is 0 Å². The van der Waals surface area contributed by atoms with E-state index in [0.717, 1.165) is 57.9 Å². The van der Waals surface area contributed by atoms with Crippen molar-refractivity contribution in [3.8, 4) is 5.75 Å². The van der Waals surface area contributed by atoms with Gasteiger partial charge in [-0.25, -0.2) is 4.79 Å². The second-order valence-corrected chi connectivity index (χ2v) is 8.94. The zero-order valence-corrected chi connectivity index (χ0v) is 21.7. The zero-order valence-electron chi connectivity index (χ0n) is 21.7. The van der Waals surface area contributed by atoms with E-state index in [-0.39, 0.29) is 6.67 Å². The molecule has 0 radical (unpaired) electrons. The third-order valence-corrected chi connectivity index (χ3v) is 6.40. The first-order valence-corrected chi connectivity index (χ1v) is 12.5. The van der Waals surface area contributed by atoms with E-state index in [2.05, 4.69) is 48.8 Å². The molecular formula is C29H41FN2O3. The molecule has 35 heavy (non-hydrogen) atoms. The molecule has 3 rings (SSSR count). The predicted molar refractivity (Wildman–Crippen MR) is 142 cm³/mol. The monoisotopic (exact) mass is 484 g/mol. The minimum Gasteiger partial charge on any atom is -0.496 e. The summed E-state index contributed by atoms with van der Waals surface area (Å²) in [5.74, 6) is 0.111. The van der Waals surface area contributed by atoms with Crippen molar-refractivity contribution in [3.63, 3.8) is 0 Å². The van der Waals surface area contributed by atoms with Crippen molar-refractivity contribution >= 4 is 12.0 Å². The Morgan fingerprint density at radius 2 is 1.77 bits per heavy atom. The van der Waals surface area contributed by atoms with E-state index in [1.165, 1.54) is 22.3 Å². The van der Waals surface area contributed by atoms with Crippen LogP contribution in [0.5, 0.6) is 5.75 Å². The fourth-order valence-corrected chi connectivity index (χ4v) is 4.16. The molecule has 0 saturated carbocycles. The van der Waals surface area contributed by atoms with Crippen LogP contribution in [0, 0.1) is 13.8 Å². The van der Waals surface area contributed by atoms with Gasteiger partial charge in [-0.3, -0.25) is 9.29 Å². The third kappa shape index (κ3) is 9.11. The molecule has 0 aliphatic carbocycles. The van der Waals surface area contributed by atoms with Gasteiger partial charge >= 0.3 is 5.97 Å². The van der Waals surface area contributed by atoms with Crippen LogP contribution in [0.25, 0.3) is 6.08 Å². The van der Waals surface area contributed by atoms with Crippen molar-refractivity contribution in [1.29, 1.82) is 0 Å². The summed E-state index contributed by atoms with van der Waals surface area (Å²) in [4.78, 5) is 15.1. The number of halogens is 1. The molecule has 1 aliphatic heterocycles. The van der Waals surface area contributed by atoms with Crippen LogP contribution in [-0.4, -0.2) is 67.4 Å². The average molecular weight is 485 g/mol. The van der Waals surface area contributed by atoms with Gasteiger partial charge in [0.25, 0.3) is 0 Å². The fourth-order valence-electron chi connectivity index (χ4n) is 4.16. The van der Waals surface area contributed by atoms with Crippen LogP contribution in [0.2, 0.25) is 0 Å². The van der Waals surface area contributed by atoms with Crippen LogP contribution < -0.4 is 4.74 Å². The lowest BCUT2D eigenvalue weighted by atomic mass is 9.95. The summed E-state index contributed by atoms with van der Waals surface area (Å²) < 4.78 is 18.1. The number of nitrogens with zero attached hydrogens (tertiary/aromatic N) is 2. The molecule has 0 atom stereocenters. The van der Waals surface area contributed by atoms with Crippen LogP contribution in [0.3, 0.4) is 0 Å². The van der Waals surface area contributed by atoms with E-state index in [1.54, 1.807) is 37.4 Å². The van der Waals surface area contributed by atoms with Gasteiger partial charge < -0.3 is 14.7 Å². The van der Waals surface area contributed by atoms with Crippen molar-refractivity contribution in [2.75, 3.05) is 46.5 Å². The van der Waals surface area contributed by atoms with Gasteiger partial charge in [0.15, 0.2) is 0 Å². The summed E-state index contributed by atoms with van der Waals surface area (Å²) in [5, 5.41) is 8.38. The molecule has 0 amide bonds. The highest BCUT2D eigenvalue weighted by atomic mass is 19.1. The molecule has 2 aromatic carbocycles. The number of methoxy groups -OCH3 is 1. The number of alkyl halides is 1. The number of hydrogen-bond acceptors (Lipinski definition) is 4. The molecule has 1 saturated heterocycles. The lowest BCUT2D eigenvalue weighted by Gasteiger charge is -2.35. The largest absolute Gasteiger partial charge is 0.496 e. The maximum absolute atomic E-state index is 12.4. The molecule has 5 nitrogen and oxygen atoms in total. The minimum absolute atomic E-state index is 0.215. The van der Waals surface area contributed by atoms with Gasteiger partial charge in [0.1, 0.15) is 5.75 Å². The number of rotatable bonds is 10. The molecular weight excluding hydrogens is 443 g/mol. The summed E-state index contributed by atoms with van der Waals surface area (Å²) >= 11 is 0. The predicted octanol–water partition coefficient (Wildman–Crippen LogP) is 5.99. The van der Waals surface area contributed by atoms with Gasteiger partial charge in [-0.05, 0) is 61.6 Å². The first-order valence-electron chi connectivity index (χ1n) is 12.5. The number of aromatic carboxylic acids is 1. The van der Waals surface area contributed by atoms with Crippen LogP contribution in [0.1, 0.15) is 58.8 Å². The Bertz CT molecular complexity index is 939. The molecule has 1 N–H and O–H groups in total. The summed E-state index contributed by atoms with van der Waals surface area (Å²) in [7, 11) is 1.77. The highest BCUT2D eigenvalue weighted by Gasteiger charge is 2.20. The molecule has 0 bridgehead atoms. The van der Waals surface area contributed by atoms with Crippen LogP contribution in [0.15, 0.2) is 42.5 Å². The zero-order chi connectivity index (χ0) is 25.6. The Hall–Kier alpha value is -2.70. The van der Waals surface area contributed by atoms with Crippen molar-refractivity contribution < 1.29 is 19.0 Å². The Kier molecular flexibility index (Phi) is 12.5. The normalized spacial score (nSPS) is 14.5. The van der Waals surface area contributed by atoms with E-state index in [4.69, 9.17) is 9.84 Å². The molecule has 6 heteroatoms. The summed E-state index contributed by atoms with van der Waals surface area (Å²) in [6, 6.07) is 10.5. The average Bonchev–Trinajstić information content (AvgIpc) is 2.88. The number of benzene rings is 2. The first-order chi connectivity index (χ1) is 16.9. The molecule has 1 aliphatic rings. The van der Waals surface area contributed by atoms with Crippen LogP contribution in [0.4, 0.5) is 4.39 Å². The first kappa shape index (κ1) is 28.5. The van der Waals surface area contributed by atoms with Gasteiger partial charge in [0, 0.05) is 44.8 Å². The molecule has 0 unspecified atom stereocenters. The number of carboxylic acids is 1. The second kappa shape index (κ2) is 15.3. The van der Waals surface area contributed by atoms with E-state index >= 15 is 0 Å². The number of aryl methyl sites for hydroxylation is 1. The second-order valence-electron chi connectivity index (χ2n) is 8.94. The number of ether oxygens (including phenoxy) is 1. The van der Waals surface area contributed by atoms with E-state index in [9.17, 15) is 9.18 Å². The van der Waals surface area contributed by atoms with Crippen molar-refractivity contribution in [2.45, 2.75) is 46.6 Å². The van der Waals surface area contributed by atoms with Crippen molar-refractivity contribution in [1.82, 2.24) is 9.80 Å². The summed E-state index contributed by atoms with van der Waals surface area (Å²) in [6.07, 6.45) is 7.47. The number of carbonyl (C=O) groups is 1. The molecule has 1 heterocycles. The Balaban J connectivity index is 0.000000402. The number of piperazine rings is 1. The topological polar surface area (TPSA) is 53.0 Å². The minimum atomic E-state index is -0.879. The van der Waals surface area contributed by atoms with Crippen molar-refractivity contribution in [2.24, 2.45) is 0 Å². The van der Waals surface area contributed by atoms with Gasteiger partial charge in [0.2, 0.25) is 0 Å². The highest BCUT2D eigenvalue weighted by Crippen LogP contribution is 2.31. The van der Waals surface area contributed by atoms with Crippen molar-refractivity contribution in [3.05, 3.63) is 70.3 Å². The SMILES string of the molecule is CCC/C=C\c1c(C)c(C)cc(OC)c1CN1CCN(CCCF)CC1.O=C(O)c1ccccc1. The van der Waals surface area contributed by atoms with Gasteiger partial charge in [-0.1, -0.05) is 43.7 Å². The maximum Gasteiger partial charge on any atom is 0.335 e. The Morgan fingerprint density at radius 1 is 1.11 bits per heavy atom. The molecule has 192 valence electrons. The lowest BCUT2D eigenvalue weighted by Crippen LogP contribution is -2.46. The standard InChI is InChI=1S/C22H35FN2O.C7H6O2/c1-5-6-7-9-20-19(3)18(2)16-22(26-4)21(20)17-25-14-12-24(13-15-25)11-8-10-23;8-7(9)6-4-2-1-3-5-6/h7,9,16H,5-6,8,10-15,17H2,1-4H3;1-5H,(H,8,9)/b9-7-;. The number of hydrogen-bond donors (Lipinski definition) is 1. The Morgan fingerprint density at radius 3 is 2.31 bits per heavy atom. The molecule has 1 fully saturated rings. The highest BCUT2D eigenvalue weighted by molar-refractivity contribution is 5.87. The molecule has 0 spiro atoms. The summed E-state index contributed by atoms with van der Waals surface area (Å²) in [5.41, 5.74) is 5.56. The molecule has 2 aromatic rings. The lowest BCUT2D eigenvalue weighted by molar-refractivity contribution is 0.0697. The van der Waals surface area contributed by atoms with Gasteiger partial charge in [0.05, 0.1) is 19.3 Å². The van der Waals surface area contributed by atoms with Crippen LogP contribution in [-0.2, 0) is 6.54 Å². The number of unbranched alkanes of at least 4 members (excludes halogenated alkanes) is 1. The fraction of sp³-hybridized carbons (Fsp3) is 0.483. The maximum atomic E-state index is 12.4. The van der Waals surface area contributed by atoms with E-state index in [1.807, 2.05) is 0 Å². The smallest absolute Gasteiger partial charge is 0.335 e. The third-order valence-electron chi connectivity index (χ3n) is 6.40. The Labute approximate surface area is 210 Å². The van der Waals surface area contributed by atoms with E-state index < -0.39 is 5.97 Å². The van der Waals surface area contributed by atoms with Crippen LogP contribution >= 0.6 is 0 Å². The van der Waals surface area contributed by atoms with Gasteiger partial charge in [-0.15, -0.1) is 0 Å².